The number of nitrogens with one attached hydrogen (secondary N) is 2. The van der Waals surface area contributed by atoms with E-state index in [1.165, 1.54) is 6.33 Å². The molecule has 0 unspecified atom stereocenters. The standard InChI is InChI=1S/C22H22BrN5O2/c1-12-5-7-17(13(2)9-12)27-21(29)19-14(3)26-22-24-11-25-28(22)20(19)16-10-15(23)6-8-18(16)30-4/h5-11,20H,1-4H3,(H,27,29)(H,24,25,26)/t20-/m0/s1. The average Bonchev–Trinajstić information content (AvgIpc) is 3.16. The van der Waals surface area contributed by atoms with Gasteiger partial charge in [0, 0.05) is 21.4 Å². The lowest BCUT2D eigenvalue weighted by Crippen LogP contribution is -2.32. The number of nitrogens with zero attached hydrogens (tertiary/aromatic N) is 3. The van der Waals surface area contributed by atoms with Crippen LogP contribution in [0.3, 0.4) is 0 Å². The highest BCUT2D eigenvalue weighted by atomic mass is 79.9. The molecular formula is C22H22BrN5O2. The van der Waals surface area contributed by atoms with Gasteiger partial charge in [-0.3, -0.25) is 4.79 Å². The van der Waals surface area contributed by atoms with Gasteiger partial charge in [-0.1, -0.05) is 33.6 Å². The highest BCUT2D eigenvalue weighted by Crippen LogP contribution is 2.40. The molecule has 3 aromatic rings. The summed E-state index contributed by atoms with van der Waals surface area (Å²) in [5.41, 5.74) is 4.99. The van der Waals surface area contributed by atoms with Crippen LogP contribution in [0.2, 0.25) is 0 Å². The summed E-state index contributed by atoms with van der Waals surface area (Å²) in [6.45, 7) is 5.87. The average molecular weight is 468 g/mol. The minimum Gasteiger partial charge on any atom is -0.496 e. The molecule has 0 saturated carbocycles. The van der Waals surface area contributed by atoms with Gasteiger partial charge in [-0.05, 0) is 50.6 Å². The van der Waals surface area contributed by atoms with E-state index in [9.17, 15) is 4.79 Å². The predicted octanol–water partition coefficient (Wildman–Crippen LogP) is 4.59. The Morgan fingerprint density at radius 1 is 1.20 bits per heavy atom. The van der Waals surface area contributed by atoms with Crippen molar-refractivity contribution in [2.75, 3.05) is 17.7 Å². The number of aromatic nitrogens is 3. The van der Waals surface area contributed by atoms with Crippen LogP contribution in [-0.4, -0.2) is 27.8 Å². The van der Waals surface area contributed by atoms with Crippen LogP contribution in [0, 0.1) is 13.8 Å². The first-order chi connectivity index (χ1) is 14.4. The van der Waals surface area contributed by atoms with Crippen molar-refractivity contribution in [1.82, 2.24) is 14.8 Å². The summed E-state index contributed by atoms with van der Waals surface area (Å²) in [5, 5.41) is 10.6. The Morgan fingerprint density at radius 3 is 2.73 bits per heavy atom. The molecule has 2 N–H and O–H groups in total. The number of hydrogen-bond acceptors (Lipinski definition) is 5. The first-order valence-corrected chi connectivity index (χ1v) is 10.3. The lowest BCUT2D eigenvalue weighted by molar-refractivity contribution is -0.113. The zero-order valence-corrected chi connectivity index (χ0v) is 18.7. The van der Waals surface area contributed by atoms with Crippen LogP contribution >= 0.6 is 15.9 Å². The molecule has 1 atom stereocenters. The van der Waals surface area contributed by atoms with Crippen molar-refractivity contribution in [3.63, 3.8) is 0 Å². The SMILES string of the molecule is COc1ccc(Br)cc1[C@H]1C(C(=O)Nc2ccc(C)cc2C)=C(C)Nc2ncnn21. The molecule has 154 valence electrons. The van der Waals surface area contributed by atoms with Crippen LogP contribution < -0.4 is 15.4 Å². The fourth-order valence-corrected chi connectivity index (χ4v) is 4.11. The quantitative estimate of drug-likeness (QED) is 0.586. The number of carbonyl (C=O) groups is 1. The van der Waals surface area contributed by atoms with Crippen molar-refractivity contribution in [2.45, 2.75) is 26.8 Å². The minimum atomic E-state index is -0.498. The molecule has 1 aromatic heterocycles. The van der Waals surface area contributed by atoms with Gasteiger partial charge in [0.15, 0.2) is 0 Å². The molecule has 0 fully saturated rings. The van der Waals surface area contributed by atoms with Gasteiger partial charge in [-0.15, -0.1) is 0 Å². The Kier molecular flexibility index (Phi) is 5.34. The molecule has 0 spiro atoms. The van der Waals surface area contributed by atoms with Crippen molar-refractivity contribution in [1.29, 1.82) is 0 Å². The summed E-state index contributed by atoms with van der Waals surface area (Å²) in [4.78, 5) is 17.8. The van der Waals surface area contributed by atoms with Crippen molar-refractivity contribution in [2.24, 2.45) is 0 Å². The molecule has 0 aliphatic carbocycles. The molecular weight excluding hydrogens is 446 g/mol. The normalized spacial score (nSPS) is 15.4. The molecule has 2 aromatic carbocycles. The second-order valence-electron chi connectivity index (χ2n) is 7.25. The van der Waals surface area contributed by atoms with Crippen LogP contribution in [0.25, 0.3) is 0 Å². The maximum Gasteiger partial charge on any atom is 0.255 e. The summed E-state index contributed by atoms with van der Waals surface area (Å²) in [5.74, 6) is 1.03. The van der Waals surface area contributed by atoms with Gasteiger partial charge < -0.3 is 15.4 Å². The molecule has 4 rings (SSSR count). The summed E-state index contributed by atoms with van der Waals surface area (Å²) in [7, 11) is 1.61. The Hall–Kier alpha value is -3.13. The molecule has 1 aliphatic heterocycles. The number of benzene rings is 2. The van der Waals surface area contributed by atoms with E-state index in [4.69, 9.17) is 4.74 Å². The Morgan fingerprint density at radius 2 is 2.00 bits per heavy atom. The summed E-state index contributed by atoms with van der Waals surface area (Å²) < 4.78 is 8.18. The monoisotopic (exact) mass is 467 g/mol. The number of fused-ring (bicyclic) bond motifs is 1. The smallest absolute Gasteiger partial charge is 0.255 e. The maximum atomic E-state index is 13.5. The number of methoxy groups -OCH3 is 1. The van der Waals surface area contributed by atoms with E-state index in [2.05, 4.69) is 36.6 Å². The van der Waals surface area contributed by atoms with E-state index in [0.29, 0.717) is 23.0 Å². The molecule has 1 aliphatic rings. The van der Waals surface area contributed by atoms with E-state index >= 15 is 0 Å². The number of rotatable bonds is 4. The van der Waals surface area contributed by atoms with E-state index in [1.807, 2.05) is 57.2 Å². The lowest BCUT2D eigenvalue weighted by Gasteiger charge is -2.29. The molecule has 1 amide bonds. The second kappa shape index (κ2) is 7.95. The third-order valence-corrected chi connectivity index (χ3v) is 5.65. The topological polar surface area (TPSA) is 81.1 Å². The van der Waals surface area contributed by atoms with Gasteiger partial charge in [-0.25, -0.2) is 4.68 Å². The molecule has 8 heteroatoms. The number of halogens is 1. The second-order valence-corrected chi connectivity index (χ2v) is 8.17. The third kappa shape index (κ3) is 3.59. The maximum absolute atomic E-state index is 13.5. The molecule has 0 bridgehead atoms. The zero-order valence-electron chi connectivity index (χ0n) is 17.2. The summed E-state index contributed by atoms with van der Waals surface area (Å²) >= 11 is 3.53. The van der Waals surface area contributed by atoms with Gasteiger partial charge in [0.05, 0.1) is 12.7 Å². The largest absolute Gasteiger partial charge is 0.496 e. The molecule has 2 heterocycles. The van der Waals surface area contributed by atoms with Gasteiger partial charge in [0.25, 0.3) is 5.91 Å². The van der Waals surface area contributed by atoms with Crippen LogP contribution in [0.1, 0.15) is 29.7 Å². The molecule has 30 heavy (non-hydrogen) atoms. The highest BCUT2D eigenvalue weighted by molar-refractivity contribution is 9.10. The number of anilines is 2. The van der Waals surface area contributed by atoms with Crippen LogP contribution in [0.15, 0.2) is 58.5 Å². The summed E-state index contributed by atoms with van der Waals surface area (Å²) in [6.07, 6.45) is 1.47. The van der Waals surface area contributed by atoms with E-state index in [1.54, 1.807) is 11.8 Å². The first kappa shape index (κ1) is 20.2. The number of ether oxygens (including phenoxy) is 1. The summed E-state index contributed by atoms with van der Waals surface area (Å²) in [6, 6.07) is 11.2. The van der Waals surface area contributed by atoms with Crippen molar-refractivity contribution >= 4 is 33.5 Å². The van der Waals surface area contributed by atoms with Gasteiger partial charge in [0.2, 0.25) is 5.95 Å². The number of aryl methyl sites for hydroxylation is 2. The molecule has 7 nitrogen and oxygen atoms in total. The fourth-order valence-electron chi connectivity index (χ4n) is 3.73. The van der Waals surface area contributed by atoms with Gasteiger partial charge in [-0.2, -0.15) is 10.1 Å². The molecule has 0 radical (unpaired) electrons. The van der Waals surface area contributed by atoms with Crippen LogP contribution in [0.5, 0.6) is 5.75 Å². The highest BCUT2D eigenvalue weighted by Gasteiger charge is 2.35. The van der Waals surface area contributed by atoms with Crippen molar-refractivity contribution in [3.05, 3.63) is 75.2 Å². The number of amides is 1. The Labute approximate surface area is 183 Å². The Balaban J connectivity index is 1.82. The third-order valence-electron chi connectivity index (χ3n) is 5.16. The number of hydrogen-bond donors (Lipinski definition) is 2. The van der Waals surface area contributed by atoms with E-state index in [0.717, 1.165) is 26.9 Å². The first-order valence-electron chi connectivity index (χ1n) is 9.48. The van der Waals surface area contributed by atoms with Crippen LogP contribution in [-0.2, 0) is 4.79 Å². The molecule has 0 saturated heterocycles. The minimum absolute atomic E-state index is 0.208. The van der Waals surface area contributed by atoms with Crippen molar-refractivity contribution in [3.8, 4) is 5.75 Å². The Bertz CT molecular complexity index is 1170. The fraction of sp³-hybridized carbons (Fsp3) is 0.227. The lowest BCUT2D eigenvalue weighted by atomic mass is 9.94. The zero-order chi connectivity index (χ0) is 21.4. The van der Waals surface area contributed by atoms with Crippen molar-refractivity contribution < 1.29 is 9.53 Å². The predicted molar refractivity (Wildman–Crippen MR) is 120 cm³/mol. The van der Waals surface area contributed by atoms with E-state index in [-0.39, 0.29) is 5.91 Å². The van der Waals surface area contributed by atoms with Gasteiger partial charge >= 0.3 is 0 Å². The van der Waals surface area contributed by atoms with Gasteiger partial charge in [0.1, 0.15) is 18.1 Å². The van der Waals surface area contributed by atoms with E-state index < -0.39 is 6.04 Å². The number of allylic oxidation sites excluding steroid dienone is 1. The van der Waals surface area contributed by atoms with Crippen LogP contribution in [0.4, 0.5) is 11.6 Å². The number of carbonyl (C=O) groups excluding carboxylic acids is 1.